The van der Waals surface area contributed by atoms with Crippen LogP contribution in [0.25, 0.3) is 11.0 Å². The summed E-state index contributed by atoms with van der Waals surface area (Å²) in [4.78, 5) is 12.2. The third kappa shape index (κ3) is 3.05. The number of nitrogens with zero attached hydrogens (tertiary/aromatic N) is 2. The SMILES string of the molecule is O=C(N[C@H]1CCC[C@@H](C(F)(F)F)C1)c1ccc2n[nH]nc2c1. The number of amides is 1. The topological polar surface area (TPSA) is 70.7 Å². The zero-order valence-corrected chi connectivity index (χ0v) is 11.7. The van der Waals surface area contributed by atoms with Gasteiger partial charge in [0.25, 0.3) is 5.91 Å². The average molecular weight is 312 g/mol. The van der Waals surface area contributed by atoms with E-state index < -0.39 is 18.1 Å². The van der Waals surface area contributed by atoms with Crippen LogP contribution in [0.4, 0.5) is 13.2 Å². The van der Waals surface area contributed by atoms with E-state index in [1.54, 1.807) is 18.2 Å². The van der Waals surface area contributed by atoms with Crippen molar-refractivity contribution in [2.75, 3.05) is 0 Å². The van der Waals surface area contributed by atoms with Crippen molar-refractivity contribution in [2.24, 2.45) is 5.92 Å². The number of rotatable bonds is 2. The monoisotopic (exact) mass is 312 g/mol. The minimum Gasteiger partial charge on any atom is -0.349 e. The van der Waals surface area contributed by atoms with E-state index in [1.807, 2.05) is 0 Å². The first-order valence-corrected chi connectivity index (χ1v) is 7.11. The fourth-order valence-corrected chi connectivity index (χ4v) is 2.87. The number of nitrogens with one attached hydrogen (secondary N) is 2. The molecule has 1 fully saturated rings. The van der Waals surface area contributed by atoms with Crippen molar-refractivity contribution in [2.45, 2.75) is 37.9 Å². The Balaban J connectivity index is 1.68. The quantitative estimate of drug-likeness (QED) is 0.896. The van der Waals surface area contributed by atoms with Crippen LogP contribution in [0.1, 0.15) is 36.0 Å². The third-order valence-electron chi connectivity index (χ3n) is 4.05. The lowest BCUT2D eigenvalue weighted by molar-refractivity contribution is -0.183. The van der Waals surface area contributed by atoms with Crippen LogP contribution in [-0.2, 0) is 0 Å². The minimum atomic E-state index is -4.19. The number of hydrogen-bond donors (Lipinski definition) is 2. The van der Waals surface area contributed by atoms with E-state index in [0.29, 0.717) is 29.4 Å². The van der Waals surface area contributed by atoms with E-state index in [-0.39, 0.29) is 18.7 Å². The fourth-order valence-electron chi connectivity index (χ4n) is 2.87. The molecule has 0 saturated heterocycles. The molecule has 0 unspecified atom stereocenters. The zero-order chi connectivity index (χ0) is 15.7. The van der Waals surface area contributed by atoms with Crippen molar-refractivity contribution in [1.82, 2.24) is 20.7 Å². The van der Waals surface area contributed by atoms with Gasteiger partial charge in [-0.3, -0.25) is 4.79 Å². The highest BCUT2D eigenvalue weighted by Gasteiger charge is 2.42. The Bertz CT molecular complexity index is 682. The molecule has 0 aliphatic heterocycles. The summed E-state index contributed by atoms with van der Waals surface area (Å²) in [7, 11) is 0. The minimum absolute atomic E-state index is 0.0541. The van der Waals surface area contributed by atoms with Gasteiger partial charge in [-0.15, -0.1) is 0 Å². The Morgan fingerprint density at radius 1 is 1.23 bits per heavy atom. The van der Waals surface area contributed by atoms with Gasteiger partial charge in [-0.1, -0.05) is 6.42 Å². The summed E-state index contributed by atoms with van der Waals surface area (Å²) in [6.07, 6.45) is -3.06. The van der Waals surface area contributed by atoms with Gasteiger partial charge in [0.2, 0.25) is 0 Å². The normalized spacial score (nSPS) is 22.7. The van der Waals surface area contributed by atoms with E-state index in [0.717, 1.165) is 0 Å². The molecule has 1 amide bonds. The molecule has 118 valence electrons. The zero-order valence-electron chi connectivity index (χ0n) is 11.7. The molecule has 0 spiro atoms. The molecular formula is C14H15F3N4O. The molecule has 3 rings (SSSR count). The molecule has 2 atom stereocenters. The van der Waals surface area contributed by atoms with Crippen molar-refractivity contribution in [3.63, 3.8) is 0 Å². The fraction of sp³-hybridized carbons (Fsp3) is 0.500. The van der Waals surface area contributed by atoms with Crippen LogP contribution in [0.15, 0.2) is 18.2 Å². The van der Waals surface area contributed by atoms with E-state index in [1.165, 1.54) is 0 Å². The highest BCUT2D eigenvalue weighted by Crippen LogP contribution is 2.37. The van der Waals surface area contributed by atoms with Crippen LogP contribution >= 0.6 is 0 Å². The summed E-state index contributed by atoms with van der Waals surface area (Å²) in [5, 5.41) is 12.9. The molecule has 5 nitrogen and oxygen atoms in total. The summed E-state index contributed by atoms with van der Waals surface area (Å²) >= 11 is 0. The number of carbonyl (C=O) groups is 1. The molecule has 2 aromatic rings. The highest BCUT2D eigenvalue weighted by molar-refractivity contribution is 5.97. The van der Waals surface area contributed by atoms with Crippen molar-refractivity contribution >= 4 is 16.9 Å². The second-order valence-corrected chi connectivity index (χ2v) is 5.60. The Morgan fingerprint density at radius 2 is 2.00 bits per heavy atom. The number of alkyl halides is 3. The lowest BCUT2D eigenvalue weighted by atomic mass is 9.85. The van der Waals surface area contributed by atoms with Gasteiger partial charge in [0.1, 0.15) is 11.0 Å². The largest absolute Gasteiger partial charge is 0.391 e. The van der Waals surface area contributed by atoms with E-state index in [9.17, 15) is 18.0 Å². The second kappa shape index (κ2) is 5.58. The lowest BCUT2D eigenvalue weighted by Gasteiger charge is -2.31. The number of H-pyrrole nitrogens is 1. The van der Waals surface area contributed by atoms with Crippen LogP contribution in [0, 0.1) is 5.92 Å². The molecule has 0 radical (unpaired) electrons. The highest BCUT2D eigenvalue weighted by atomic mass is 19.4. The van der Waals surface area contributed by atoms with Gasteiger partial charge in [-0.25, -0.2) is 0 Å². The molecule has 1 aliphatic rings. The number of halogens is 3. The van der Waals surface area contributed by atoms with Crippen LogP contribution in [0.3, 0.4) is 0 Å². The smallest absolute Gasteiger partial charge is 0.349 e. The Kier molecular flexibility index (Phi) is 3.76. The summed E-state index contributed by atoms with van der Waals surface area (Å²) in [5.74, 6) is -1.71. The Labute approximate surface area is 124 Å². The summed E-state index contributed by atoms with van der Waals surface area (Å²) in [6.45, 7) is 0. The summed E-state index contributed by atoms with van der Waals surface area (Å²) < 4.78 is 38.3. The first-order chi connectivity index (χ1) is 10.4. The van der Waals surface area contributed by atoms with Gasteiger partial charge in [0.15, 0.2) is 0 Å². The molecule has 1 aliphatic carbocycles. The number of fused-ring (bicyclic) bond motifs is 1. The standard InChI is InChI=1S/C14H15F3N4O/c15-14(16,17)9-2-1-3-10(7-9)18-13(22)8-4-5-11-12(6-8)20-21-19-11/h4-6,9-10H,1-3,7H2,(H,18,22)(H,19,20,21)/t9-,10+/m1/s1. The van der Waals surface area contributed by atoms with Crippen molar-refractivity contribution in [3.05, 3.63) is 23.8 Å². The third-order valence-corrected chi connectivity index (χ3v) is 4.05. The molecule has 1 heterocycles. The van der Waals surface area contributed by atoms with Crippen LogP contribution < -0.4 is 5.32 Å². The van der Waals surface area contributed by atoms with Gasteiger partial charge in [-0.05, 0) is 37.5 Å². The van der Waals surface area contributed by atoms with Crippen LogP contribution in [-0.4, -0.2) is 33.5 Å². The first-order valence-electron chi connectivity index (χ1n) is 7.11. The van der Waals surface area contributed by atoms with Gasteiger partial charge in [-0.2, -0.15) is 28.6 Å². The van der Waals surface area contributed by atoms with Crippen molar-refractivity contribution in [3.8, 4) is 0 Å². The predicted molar refractivity (Wildman–Crippen MR) is 73.2 cm³/mol. The van der Waals surface area contributed by atoms with Crippen molar-refractivity contribution in [1.29, 1.82) is 0 Å². The Hall–Kier alpha value is -2.12. The first kappa shape index (κ1) is 14.8. The molecular weight excluding hydrogens is 297 g/mol. The molecule has 22 heavy (non-hydrogen) atoms. The lowest BCUT2D eigenvalue weighted by Crippen LogP contribution is -2.41. The maximum atomic E-state index is 12.8. The predicted octanol–water partition coefficient (Wildman–Crippen LogP) is 2.81. The van der Waals surface area contributed by atoms with Crippen LogP contribution in [0.2, 0.25) is 0 Å². The molecule has 1 aromatic carbocycles. The number of benzene rings is 1. The summed E-state index contributed by atoms with van der Waals surface area (Å²) in [5.41, 5.74) is 1.55. The number of hydrogen-bond acceptors (Lipinski definition) is 3. The van der Waals surface area contributed by atoms with E-state index >= 15 is 0 Å². The van der Waals surface area contributed by atoms with Gasteiger partial charge in [0.05, 0.1) is 5.92 Å². The number of carbonyl (C=O) groups excluding carboxylic acids is 1. The molecule has 8 heteroatoms. The molecule has 1 aromatic heterocycles. The van der Waals surface area contributed by atoms with Gasteiger partial charge >= 0.3 is 6.18 Å². The molecule has 0 bridgehead atoms. The molecule has 2 N–H and O–H groups in total. The second-order valence-electron chi connectivity index (χ2n) is 5.60. The van der Waals surface area contributed by atoms with Gasteiger partial charge in [0, 0.05) is 11.6 Å². The van der Waals surface area contributed by atoms with Gasteiger partial charge < -0.3 is 5.32 Å². The van der Waals surface area contributed by atoms with Crippen molar-refractivity contribution < 1.29 is 18.0 Å². The average Bonchev–Trinajstić information content (AvgIpc) is 2.94. The van der Waals surface area contributed by atoms with E-state index in [2.05, 4.69) is 20.7 Å². The number of aromatic amines is 1. The van der Waals surface area contributed by atoms with E-state index in [4.69, 9.17) is 0 Å². The van der Waals surface area contributed by atoms with Crippen LogP contribution in [0.5, 0.6) is 0 Å². The maximum Gasteiger partial charge on any atom is 0.391 e. The number of aromatic nitrogens is 3. The summed E-state index contributed by atoms with van der Waals surface area (Å²) in [6, 6.07) is 4.36. The maximum absolute atomic E-state index is 12.8. The molecule has 1 saturated carbocycles. The Morgan fingerprint density at radius 3 is 2.77 bits per heavy atom.